The molecule has 0 nitrogen and oxygen atoms in total. The topological polar surface area (TPSA) is 0 Å². The Hall–Kier alpha value is 4.90. The first-order valence-electron chi connectivity index (χ1n) is 7.40. The number of thioether (sulfide) groups is 10. The van der Waals surface area contributed by atoms with Gasteiger partial charge in [-0.15, -0.1) is 118 Å². The van der Waals surface area contributed by atoms with Crippen molar-refractivity contribution in [2.24, 2.45) is 0 Å². The lowest BCUT2D eigenvalue weighted by Crippen LogP contribution is -2.25. The van der Waals surface area contributed by atoms with Gasteiger partial charge in [0, 0.05) is 30.5 Å². The molecule has 0 bridgehead atoms. The second-order valence-corrected chi connectivity index (χ2v) is 21.7. The SMILES string of the molecule is SCSC(SCS)C(SCS)SC1SCSC1SC(SCS)C1SCS1. The van der Waals surface area contributed by atoms with Gasteiger partial charge in [-0.3, -0.25) is 0 Å². The minimum atomic E-state index is 0.518. The van der Waals surface area contributed by atoms with Crippen molar-refractivity contribution in [1.29, 1.82) is 0 Å². The van der Waals surface area contributed by atoms with Crippen LogP contribution in [0.5, 0.6) is 0 Å². The summed E-state index contributed by atoms with van der Waals surface area (Å²) in [7, 11) is 0. The van der Waals surface area contributed by atoms with E-state index in [1.807, 2.05) is 47.0 Å². The van der Waals surface area contributed by atoms with Gasteiger partial charge in [-0.2, -0.15) is 50.5 Å². The second kappa shape index (κ2) is 16.5. The van der Waals surface area contributed by atoms with Crippen molar-refractivity contribution in [1.82, 2.24) is 0 Å². The van der Waals surface area contributed by atoms with Crippen LogP contribution in [0.1, 0.15) is 0 Å². The Morgan fingerprint density at radius 3 is 1.65 bits per heavy atom. The fourth-order valence-corrected chi connectivity index (χ4v) is 21.2. The fraction of sp³-hybridized carbons (Fsp3) is 1.00. The largest absolute Gasteiger partial charge is 0.168 e. The zero-order valence-corrected chi connectivity index (χ0v) is 25.3. The van der Waals surface area contributed by atoms with E-state index < -0.39 is 0 Å². The zero-order valence-electron chi connectivity index (χ0n) is 13.6. The van der Waals surface area contributed by atoms with Crippen LogP contribution in [0.4, 0.5) is 0 Å². The van der Waals surface area contributed by atoms with Crippen LogP contribution in [-0.2, 0) is 0 Å². The smallest absolute Gasteiger partial charge is 0.0733 e. The summed E-state index contributed by atoms with van der Waals surface area (Å²) in [5, 5.41) is 5.96. The maximum atomic E-state index is 4.50. The van der Waals surface area contributed by atoms with Gasteiger partial charge in [0.15, 0.2) is 0 Å². The van der Waals surface area contributed by atoms with Crippen LogP contribution in [-0.4, -0.2) is 58.0 Å². The van der Waals surface area contributed by atoms with Gasteiger partial charge in [0.2, 0.25) is 0 Å². The van der Waals surface area contributed by atoms with E-state index in [1.54, 1.807) is 0 Å². The number of thiol groups is 4. The molecular weight excluding hydrogens is 593 g/mol. The van der Waals surface area contributed by atoms with Gasteiger partial charge >= 0.3 is 0 Å². The first kappa shape index (κ1) is 27.1. The standard InChI is InChI=1S/C12H22S14/c13-1-17-7(18-2-14)9(19-3-15)25-11-12(24-6-23-11)26-10(20-4-16)8-21-5-22-8/h7-16H,1-6H2. The highest BCUT2D eigenvalue weighted by molar-refractivity contribution is 8.38. The predicted molar refractivity (Wildman–Crippen MR) is 164 cm³/mol. The molecule has 2 aliphatic rings. The molecule has 0 N–H and O–H groups in total. The summed E-state index contributed by atoms with van der Waals surface area (Å²) in [5.74, 6) is 0. The Bertz CT molecular complexity index is 362. The average Bonchev–Trinajstić information content (AvgIpc) is 3.00. The molecule has 0 aliphatic carbocycles. The average molecular weight is 615 g/mol. The van der Waals surface area contributed by atoms with Crippen LogP contribution < -0.4 is 0 Å². The first-order valence-corrected chi connectivity index (χ1v) is 20.2. The van der Waals surface area contributed by atoms with Gasteiger partial charge in [-0.1, -0.05) is 0 Å². The molecule has 0 radical (unpaired) electrons. The van der Waals surface area contributed by atoms with E-state index in [0.29, 0.717) is 22.9 Å². The molecule has 4 atom stereocenters. The maximum absolute atomic E-state index is 4.50. The number of hydrogen-bond acceptors (Lipinski definition) is 14. The normalized spacial score (nSPS) is 26.2. The molecule has 2 rings (SSSR count). The second-order valence-electron chi connectivity index (χ2n) is 4.57. The minimum absolute atomic E-state index is 0.518. The third-order valence-corrected chi connectivity index (χ3v) is 21.3. The summed E-state index contributed by atoms with van der Waals surface area (Å²) in [6.45, 7) is 0. The van der Waals surface area contributed by atoms with E-state index in [0.717, 1.165) is 24.9 Å². The van der Waals surface area contributed by atoms with Gasteiger partial charge in [0.05, 0.1) is 27.5 Å². The number of rotatable bonds is 14. The van der Waals surface area contributed by atoms with Crippen LogP contribution in [0.2, 0.25) is 0 Å². The van der Waals surface area contributed by atoms with E-state index >= 15 is 0 Å². The summed E-state index contributed by atoms with van der Waals surface area (Å²) >= 11 is 38.5. The third-order valence-electron chi connectivity index (χ3n) is 3.09. The molecule has 2 fully saturated rings. The van der Waals surface area contributed by atoms with E-state index in [2.05, 4.69) is 121 Å². The molecule has 2 aliphatic heterocycles. The molecule has 0 saturated carbocycles. The molecule has 0 aromatic heterocycles. The van der Waals surface area contributed by atoms with Gasteiger partial charge in [0.25, 0.3) is 0 Å². The maximum Gasteiger partial charge on any atom is 0.0733 e. The van der Waals surface area contributed by atoms with E-state index in [4.69, 9.17) is 0 Å². The quantitative estimate of drug-likeness (QED) is 0.113. The molecule has 2 saturated heterocycles. The molecular formula is C12H22S14. The summed E-state index contributed by atoms with van der Waals surface area (Å²) in [6, 6.07) is 0. The number of hydrogen-bond donors (Lipinski definition) is 4. The van der Waals surface area contributed by atoms with Gasteiger partial charge in [0.1, 0.15) is 0 Å². The highest BCUT2D eigenvalue weighted by Gasteiger charge is 2.39. The van der Waals surface area contributed by atoms with Crippen LogP contribution in [0.15, 0.2) is 0 Å². The van der Waals surface area contributed by atoms with Crippen LogP contribution in [0.25, 0.3) is 0 Å². The van der Waals surface area contributed by atoms with Crippen LogP contribution in [0.3, 0.4) is 0 Å². The lowest BCUT2D eigenvalue weighted by molar-refractivity contribution is 1.28. The Balaban J connectivity index is 1.94. The van der Waals surface area contributed by atoms with Crippen LogP contribution in [0, 0.1) is 0 Å². The van der Waals surface area contributed by atoms with Crippen molar-refractivity contribution < 1.29 is 0 Å². The molecule has 4 unspecified atom stereocenters. The van der Waals surface area contributed by atoms with Gasteiger partial charge in [-0.05, 0) is 0 Å². The van der Waals surface area contributed by atoms with Crippen molar-refractivity contribution in [3.8, 4) is 0 Å². The van der Waals surface area contributed by atoms with Gasteiger partial charge in [-0.25, -0.2) is 0 Å². The van der Waals surface area contributed by atoms with Crippen molar-refractivity contribution in [2.45, 2.75) is 27.5 Å². The highest BCUT2D eigenvalue weighted by atomic mass is 32.3. The van der Waals surface area contributed by atoms with Crippen molar-refractivity contribution in [2.75, 3.05) is 30.5 Å². The lowest BCUT2D eigenvalue weighted by atomic mass is 10.9. The lowest BCUT2D eigenvalue weighted by Gasteiger charge is -2.34. The minimum Gasteiger partial charge on any atom is -0.168 e. The van der Waals surface area contributed by atoms with Crippen molar-refractivity contribution in [3.05, 3.63) is 0 Å². The molecule has 154 valence electrons. The molecule has 0 aromatic rings. The van der Waals surface area contributed by atoms with E-state index in [1.165, 1.54) is 10.2 Å². The summed E-state index contributed by atoms with van der Waals surface area (Å²) in [4.78, 5) is 0. The van der Waals surface area contributed by atoms with Gasteiger partial charge < -0.3 is 0 Å². The molecule has 26 heavy (non-hydrogen) atoms. The summed E-state index contributed by atoms with van der Waals surface area (Å²) in [5.41, 5.74) is 0. The first-order chi connectivity index (χ1) is 12.7. The van der Waals surface area contributed by atoms with E-state index in [-0.39, 0.29) is 0 Å². The summed E-state index contributed by atoms with van der Waals surface area (Å²) < 4.78 is 3.75. The monoisotopic (exact) mass is 614 g/mol. The van der Waals surface area contributed by atoms with E-state index in [9.17, 15) is 0 Å². The third kappa shape index (κ3) is 9.41. The molecule has 14 heteroatoms. The molecule has 0 aromatic carbocycles. The highest BCUT2D eigenvalue weighted by Crippen LogP contribution is 2.57. The Kier molecular flexibility index (Phi) is 17.2. The zero-order chi connectivity index (χ0) is 18.8. The Labute approximate surface area is 223 Å². The predicted octanol–water partition coefficient (Wildman–Crippen LogP) is 7.77. The van der Waals surface area contributed by atoms with Crippen molar-refractivity contribution in [3.63, 3.8) is 0 Å². The summed E-state index contributed by atoms with van der Waals surface area (Å²) in [6.07, 6.45) is 0. The molecule has 0 spiro atoms. The Morgan fingerprint density at radius 2 is 1.15 bits per heavy atom. The molecule has 2 heterocycles. The molecule has 0 amide bonds. The Morgan fingerprint density at radius 1 is 0.654 bits per heavy atom. The van der Waals surface area contributed by atoms with Crippen LogP contribution >= 0.6 is 168 Å². The fourth-order valence-electron chi connectivity index (χ4n) is 1.97. The van der Waals surface area contributed by atoms with Crippen molar-refractivity contribution >= 4 is 168 Å².